The van der Waals surface area contributed by atoms with Crippen LogP contribution in [0.1, 0.15) is 11.8 Å². The molecular weight excluding hydrogens is 356 g/mol. The van der Waals surface area contributed by atoms with Crippen molar-refractivity contribution in [3.8, 4) is 0 Å². The molecule has 0 aliphatic carbocycles. The van der Waals surface area contributed by atoms with E-state index >= 15 is 0 Å². The first-order valence-corrected chi connectivity index (χ1v) is 7.06. The standard InChI is InChI=1S/C13H11F2N7O4/c14-9-1-2-10(11(15)3-9)13(23,4-20-7-16-5-18-20)12(26-22(24)25)21-8-17-6-19-21/h1-3,5-8,12,23H,4H2. The van der Waals surface area contributed by atoms with Crippen molar-refractivity contribution in [2.45, 2.75) is 18.4 Å². The van der Waals surface area contributed by atoms with Crippen molar-refractivity contribution in [2.24, 2.45) is 0 Å². The van der Waals surface area contributed by atoms with E-state index in [1.54, 1.807) is 0 Å². The molecule has 0 radical (unpaired) electrons. The minimum atomic E-state index is -2.41. The molecule has 0 spiro atoms. The van der Waals surface area contributed by atoms with E-state index in [0.29, 0.717) is 6.07 Å². The number of rotatable bonds is 7. The molecule has 3 rings (SSSR count). The Balaban J connectivity index is 2.15. The second kappa shape index (κ2) is 6.79. The highest BCUT2D eigenvalue weighted by Crippen LogP contribution is 2.37. The molecule has 1 aromatic carbocycles. The van der Waals surface area contributed by atoms with Crippen molar-refractivity contribution in [1.82, 2.24) is 29.5 Å². The first kappa shape index (κ1) is 17.3. The molecule has 0 aliphatic heterocycles. The van der Waals surface area contributed by atoms with Gasteiger partial charge in [0.25, 0.3) is 5.09 Å². The summed E-state index contributed by atoms with van der Waals surface area (Å²) >= 11 is 0. The number of hydrogen-bond donors (Lipinski definition) is 1. The van der Waals surface area contributed by atoms with Gasteiger partial charge in [0.15, 0.2) is 5.60 Å². The maximum Gasteiger partial charge on any atom is 0.296 e. The summed E-state index contributed by atoms with van der Waals surface area (Å²) in [6.07, 6.45) is 2.61. The first-order chi connectivity index (χ1) is 12.4. The van der Waals surface area contributed by atoms with Gasteiger partial charge in [-0.2, -0.15) is 10.2 Å². The van der Waals surface area contributed by atoms with Crippen LogP contribution in [0.4, 0.5) is 8.78 Å². The number of hydrogen-bond acceptors (Lipinski definition) is 8. The highest BCUT2D eigenvalue weighted by molar-refractivity contribution is 5.26. The van der Waals surface area contributed by atoms with Crippen LogP contribution in [0, 0.1) is 21.7 Å². The quantitative estimate of drug-likeness (QED) is 0.470. The number of benzene rings is 1. The second-order valence-corrected chi connectivity index (χ2v) is 5.20. The minimum absolute atomic E-state index is 0.461. The zero-order chi connectivity index (χ0) is 18.7. The number of aromatic nitrogens is 6. The molecule has 2 atom stereocenters. The molecular formula is C13H11F2N7O4. The van der Waals surface area contributed by atoms with E-state index in [-0.39, 0.29) is 0 Å². The summed E-state index contributed by atoms with van der Waals surface area (Å²) in [4.78, 5) is 22.8. The molecule has 0 saturated heterocycles. The maximum atomic E-state index is 14.4. The van der Waals surface area contributed by atoms with Gasteiger partial charge in [0, 0.05) is 11.6 Å². The molecule has 0 amide bonds. The van der Waals surface area contributed by atoms with Gasteiger partial charge in [-0.3, -0.25) is 4.84 Å². The Hall–Kier alpha value is -3.48. The van der Waals surface area contributed by atoms with Crippen LogP contribution in [0.15, 0.2) is 43.5 Å². The Labute approximate surface area is 143 Å². The van der Waals surface area contributed by atoms with Gasteiger partial charge in [0.2, 0.25) is 6.23 Å². The van der Waals surface area contributed by atoms with Crippen molar-refractivity contribution in [3.05, 3.63) is 70.8 Å². The van der Waals surface area contributed by atoms with Gasteiger partial charge < -0.3 is 5.11 Å². The summed E-state index contributed by atoms with van der Waals surface area (Å²) in [7, 11) is 0. The third-order valence-corrected chi connectivity index (χ3v) is 3.54. The van der Waals surface area contributed by atoms with Crippen LogP contribution in [-0.4, -0.2) is 39.7 Å². The number of halogens is 2. The van der Waals surface area contributed by atoms with Crippen LogP contribution in [0.25, 0.3) is 0 Å². The van der Waals surface area contributed by atoms with Gasteiger partial charge >= 0.3 is 0 Å². The van der Waals surface area contributed by atoms with Crippen molar-refractivity contribution >= 4 is 0 Å². The van der Waals surface area contributed by atoms with Crippen LogP contribution in [0.2, 0.25) is 0 Å². The van der Waals surface area contributed by atoms with Gasteiger partial charge in [0.05, 0.1) is 6.54 Å². The van der Waals surface area contributed by atoms with Gasteiger partial charge in [-0.1, -0.05) is 6.07 Å². The lowest BCUT2D eigenvalue weighted by atomic mass is 9.91. The zero-order valence-corrected chi connectivity index (χ0v) is 12.9. The molecule has 136 valence electrons. The van der Waals surface area contributed by atoms with Crippen LogP contribution < -0.4 is 0 Å². The van der Waals surface area contributed by atoms with Crippen LogP contribution in [0.5, 0.6) is 0 Å². The third-order valence-electron chi connectivity index (χ3n) is 3.54. The van der Waals surface area contributed by atoms with Gasteiger partial charge in [-0.25, -0.2) is 28.1 Å². The normalized spacial score (nSPS) is 14.6. The average Bonchev–Trinajstić information content (AvgIpc) is 3.25. The van der Waals surface area contributed by atoms with E-state index in [2.05, 4.69) is 25.0 Å². The van der Waals surface area contributed by atoms with E-state index in [9.17, 15) is 24.0 Å². The van der Waals surface area contributed by atoms with Crippen molar-refractivity contribution < 1.29 is 23.8 Å². The van der Waals surface area contributed by atoms with Gasteiger partial charge in [0.1, 0.15) is 36.9 Å². The van der Waals surface area contributed by atoms with E-state index in [1.807, 2.05) is 0 Å². The molecule has 1 N–H and O–H groups in total. The fourth-order valence-corrected chi connectivity index (χ4v) is 2.47. The largest absolute Gasteiger partial charge is 0.379 e. The maximum absolute atomic E-state index is 14.4. The smallest absolute Gasteiger partial charge is 0.296 e. The Morgan fingerprint density at radius 1 is 1.27 bits per heavy atom. The molecule has 0 fully saturated rings. The topological polar surface area (TPSA) is 134 Å². The highest BCUT2D eigenvalue weighted by Gasteiger charge is 2.46. The third kappa shape index (κ3) is 3.32. The predicted molar refractivity (Wildman–Crippen MR) is 77.4 cm³/mol. The average molecular weight is 367 g/mol. The van der Waals surface area contributed by atoms with Crippen molar-refractivity contribution in [3.63, 3.8) is 0 Å². The second-order valence-electron chi connectivity index (χ2n) is 5.20. The molecule has 2 unspecified atom stereocenters. The van der Waals surface area contributed by atoms with Gasteiger partial charge in [-0.05, 0) is 6.07 Å². The van der Waals surface area contributed by atoms with Gasteiger partial charge in [-0.15, -0.1) is 10.1 Å². The van der Waals surface area contributed by atoms with Crippen LogP contribution in [-0.2, 0) is 17.0 Å². The molecule has 2 heterocycles. The number of nitrogens with zero attached hydrogens (tertiary/aromatic N) is 7. The molecule has 26 heavy (non-hydrogen) atoms. The van der Waals surface area contributed by atoms with Crippen molar-refractivity contribution in [2.75, 3.05) is 0 Å². The van der Waals surface area contributed by atoms with Crippen LogP contribution >= 0.6 is 0 Å². The molecule has 2 aromatic heterocycles. The Kier molecular flexibility index (Phi) is 4.53. The highest BCUT2D eigenvalue weighted by atomic mass is 19.1. The Morgan fingerprint density at radius 2 is 2.00 bits per heavy atom. The minimum Gasteiger partial charge on any atom is -0.379 e. The molecule has 13 heteroatoms. The van der Waals surface area contributed by atoms with E-state index < -0.39 is 40.7 Å². The van der Waals surface area contributed by atoms with Crippen molar-refractivity contribution in [1.29, 1.82) is 0 Å². The summed E-state index contributed by atoms with van der Waals surface area (Å²) in [6.45, 7) is -0.506. The molecule has 0 saturated carbocycles. The summed E-state index contributed by atoms with van der Waals surface area (Å²) in [5.74, 6) is -2.02. The lowest BCUT2D eigenvalue weighted by Gasteiger charge is -2.34. The molecule has 0 bridgehead atoms. The van der Waals surface area contributed by atoms with E-state index in [1.165, 1.54) is 6.33 Å². The lowest BCUT2D eigenvalue weighted by Crippen LogP contribution is -2.44. The Morgan fingerprint density at radius 3 is 2.58 bits per heavy atom. The monoisotopic (exact) mass is 367 g/mol. The first-order valence-electron chi connectivity index (χ1n) is 7.06. The predicted octanol–water partition coefficient (Wildman–Crippen LogP) is 0.443. The summed E-state index contributed by atoms with van der Waals surface area (Å²) in [5.41, 5.74) is -2.87. The fraction of sp³-hybridized carbons (Fsp3) is 0.231. The fourth-order valence-electron chi connectivity index (χ4n) is 2.47. The van der Waals surface area contributed by atoms with E-state index in [4.69, 9.17) is 0 Å². The van der Waals surface area contributed by atoms with E-state index in [0.717, 1.165) is 40.5 Å². The summed E-state index contributed by atoms with van der Waals surface area (Å²) in [5, 5.41) is 28.5. The number of aliphatic hydroxyl groups is 1. The molecule has 0 aliphatic rings. The Bertz CT molecular complexity index is 890. The SMILES string of the molecule is O=[N+]([O-])OC(n1cncn1)C(O)(Cn1cncn1)c1ccc(F)cc1F. The molecule has 11 nitrogen and oxygen atoms in total. The summed E-state index contributed by atoms with van der Waals surface area (Å²) in [6, 6.07) is 2.39. The summed E-state index contributed by atoms with van der Waals surface area (Å²) < 4.78 is 29.6. The lowest BCUT2D eigenvalue weighted by molar-refractivity contribution is -0.781. The zero-order valence-electron chi connectivity index (χ0n) is 12.9. The molecule has 3 aromatic rings. The van der Waals surface area contributed by atoms with Crippen LogP contribution in [0.3, 0.4) is 0 Å².